The normalized spacial score (nSPS) is 12.7. The zero-order chi connectivity index (χ0) is 17.9. The Morgan fingerprint density at radius 2 is 2.08 bits per heavy atom. The van der Waals surface area contributed by atoms with Gasteiger partial charge in [-0.2, -0.15) is 18.3 Å². The van der Waals surface area contributed by atoms with Crippen LogP contribution in [-0.4, -0.2) is 27.5 Å². The standard InChI is InChI=1S/C16H16F3N3O2/c1-3-22(15(24)13-8-20-21-9-14(13)23)10(2)11-5-4-6-12(7-11)16(17,18)19/h4-10H,3H2,1-2H3,(H,20,23). The van der Waals surface area contributed by atoms with Gasteiger partial charge in [0, 0.05) is 12.7 Å². The minimum absolute atomic E-state index is 0.106. The van der Waals surface area contributed by atoms with Gasteiger partial charge in [-0.25, -0.2) is 0 Å². The molecule has 0 saturated heterocycles. The zero-order valence-electron chi connectivity index (χ0n) is 13.1. The topological polar surface area (TPSA) is 66.1 Å². The third kappa shape index (κ3) is 3.64. The van der Waals surface area contributed by atoms with E-state index in [1.165, 1.54) is 23.2 Å². The number of nitrogens with zero attached hydrogens (tertiary/aromatic N) is 2. The van der Waals surface area contributed by atoms with Crippen molar-refractivity contribution in [2.45, 2.75) is 26.1 Å². The molecule has 1 amide bonds. The molecule has 0 spiro atoms. The average molecular weight is 339 g/mol. The number of halogens is 3. The van der Waals surface area contributed by atoms with E-state index in [9.17, 15) is 22.8 Å². The number of benzene rings is 1. The highest BCUT2D eigenvalue weighted by Crippen LogP contribution is 2.32. The van der Waals surface area contributed by atoms with E-state index in [2.05, 4.69) is 10.2 Å². The van der Waals surface area contributed by atoms with Crippen LogP contribution in [0.2, 0.25) is 0 Å². The fourth-order valence-electron chi connectivity index (χ4n) is 2.41. The molecule has 1 aromatic carbocycles. The van der Waals surface area contributed by atoms with Crippen molar-refractivity contribution in [3.63, 3.8) is 0 Å². The van der Waals surface area contributed by atoms with Crippen LogP contribution >= 0.6 is 0 Å². The van der Waals surface area contributed by atoms with Crippen LogP contribution in [0.25, 0.3) is 0 Å². The highest BCUT2D eigenvalue weighted by Gasteiger charge is 2.31. The van der Waals surface area contributed by atoms with Gasteiger partial charge in [0.05, 0.1) is 17.8 Å². The van der Waals surface area contributed by atoms with Crippen molar-refractivity contribution < 1.29 is 18.0 Å². The molecule has 0 aliphatic heterocycles. The number of alkyl halides is 3. The molecule has 0 radical (unpaired) electrons. The van der Waals surface area contributed by atoms with Crippen molar-refractivity contribution in [1.82, 2.24) is 15.1 Å². The van der Waals surface area contributed by atoms with Crippen LogP contribution in [0.1, 0.15) is 41.4 Å². The van der Waals surface area contributed by atoms with Crippen molar-refractivity contribution in [1.29, 1.82) is 0 Å². The summed E-state index contributed by atoms with van der Waals surface area (Å²) in [5.41, 5.74) is -1.10. The lowest BCUT2D eigenvalue weighted by atomic mass is 10.0. The Morgan fingerprint density at radius 1 is 1.38 bits per heavy atom. The van der Waals surface area contributed by atoms with Gasteiger partial charge in [-0.15, -0.1) is 0 Å². The van der Waals surface area contributed by atoms with Crippen molar-refractivity contribution in [2.24, 2.45) is 0 Å². The summed E-state index contributed by atoms with van der Waals surface area (Å²) in [6.07, 6.45) is -2.29. The van der Waals surface area contributed by atoms with Crippen LogP contribution in [0.15, 0.2) is 41.5 Å². The number of hydrogen-bond donors (Lipinski definition) is 1. The van der Waals surface area contributed by atoms with Gasteiger partial charge in [0.2, 0.25) is 5.43 Å². The number of carbonyl (C=O) groups excluding carboxylic acids is 1. The second kappa shape index (κ2) is 6.86. The highest BCUT2D eigenvalue weighted by atomic mass is 19.4. The minimum atomic E-state index is -4.46. The molecule has 2 aromatic rings. The summed E-state index contributed by atoms with van der Waals surface area (Å²) in [6, 6.07) is 4.18. The fraction of sp³-hybridized carbons (Fsp3) is 0.312. The van der Waals surface area contributed by atoms with Crippen molar-refractivity contribution in [3.05, 3.63) is 63.6 Å². The summed E-state index contributed by atoms with van der Waals surface area (Å²) >= 11 is 0. The molecule has 0 aliphatic rings. The summed E-state index contributed by atoms with van der Waals surface area (Å²) in [4.78, 5) is 25.6. The number of aromatic nitrogens is 2. The molecule has 24 heavy (non-hydrogen) atoms. The van der Waals surface area contributed by atoms with E-state index < -0.39 is 29.1 Å². The average Bonchev–Trinajstić information content (AvgIpc) is 2.55. The summed E-state index contributed by atoms with van der Waals surface area (Å²) in [5, 5.41) is 5.94. The van der Waals surface area contributed by atoms with Gasteiger partial charge in [0.25, 0.3) is 5.91 Å². The molecule has 1 unspecified atom stereocenters. The second-order valence-corrected chi connectivity index (χ2v) is 5.20. The molecular weight excluding hydrogens is 323 g/mol. The van der Waals surface area contributed by atoms with Gasteiger partial charge in [0.1, 0.15) is 5.56 Å². The van der Waals surface area contributed by atoms with Crippen LogP contribution in [0, 0.1) is 0 Å². The minimum Gasteiger partial charge on any atom is -0.332 e. The van der Waals surface area contributed by atoms with Crippen molar-refractivity contribution in [2.75, 3.05) is 6.54 Å². The van der Waals surface area contributed by atoms with E-state index in [-0.39, 0.29) is 12.1 Å². The Hall–Kier alpha value is -2.64. The Kier molecular flexibility index (Phi) is 5.06. The fourth-order valence-corrected chi connectivity index (χ4v) is 2.41. The summed E-state index contributed by atoms with van der Waals surface area (Å²) in [5.74, 6) is -0.564. The van der Waals surface area contributed by atoms with E-state index in [1.807, 2.05) is 0 Å². The molecule has 5 nitrogen and oxygen atoms in total. The Balaban J connectivity index is 2.36. The third-order valence-electron chi connectivity index (χ3n) is 3.73. The largest absolute Gasteiger partial charge is 0.416 e. The van der Waals surface area contributed by atoms with Crippen LogP contribution in [-0.2, 0) is 6.18 Å². The zero-order valence-corrected chi connectivity index (χ0v) is 13.1. The number of H-pyrrole nitrogens is 1. The Bertz CT molecular complexity index is 786. The van der Waals surface area contributed by atoms with Crippen molar-refractivity contribution in [3.8, 4) is 0 Å². The van der Waals surface area contributed by atoms with E-state index in [1.54, 1.807) is 13.8 Å². The first-order valence-corrected chi connectivity index (χ1v) is 7.27. The lowest BCUT2D eigenvalue weighted by molar-refractivity contribution is -0.137. The molecule has 0 bridgehead atoms. The molecule has 0 fully saturated rings. The number of aromatic amines is 1. The first-order chi connectivity index (χ1) is 11.3. The lowest BCUT2D eigenvalue weighted by Gasteiger charge is -2.28. The molecule has 0 aliphatic carbocycles. The maximum Gasteiger partial charge on any atom is 0.416 e. The highest BCUT2D eigenvalue weighted by molar-refractivity contribution is 5.94. The van der Waals surface area contributed by atoms with Crippen molar-refractivity contribution >= 4 is 5.91 Å². The van der Waals surface area contributed by atoms with Gasteiger partial charge in [-0.1, -0.05) is 12.1 Å². The van der Waals surface area contributed by atoms with Crippen LogP contribution < -0.4 is 5.43 Å². The molecule has 0 saturated carbocycles. The molecule has 128 valence electrons. The Morgan fingerprint density at radius 3 is 2.67 bits per heavy atom. The number of amides is 1. The smallest absolute Gasteiger partial charge is 0.332 e. The second-order valence-electron chi connectivity index (χ2n) is 5.20. The SMILES string of the molecule is CCN(C(=O)c1c[nH]ncc1=O)C(C)c1cccc(C(F)(F)F)c1. The van der Waals surface area contributed by atoms with Gasteiger partial charge in [-0.05, 0) is 31.5 Å². The van der Waals surface area contributed by atoms with Gasteiger partial charge in [-0.3, -0.25) is 14.7 Å². The van der Waals surface area contributed by atoms with Gasteiger partial charge in [0.15, 0.2) is 0 Å². The van der Waals surface area contributed by atoms with Gasteiger partial charge < -0.3 is 4.90 Å². The lowest BCUT2D eigenvalue weighted by Crippen LogP contribution is -2.36. The molecule has 1 N–H and O–H groups in total. The Labute approximate surface area is 136 Å². The van der Waals surface area contributed by atoms with Crippen LogP contribution in [0.5, 0.6) is 0 Å². The summed E-state index contributed by atoms with van der Waals surface area (Å²) in [7, 11) is 0. The molecule has 2 rings (SSSR count). The van der Waals surface area contributed by atoms with Crippen LogP contribution in [0.3, 0.4) is 0 Å². The molecule has 1 atom stereocenters. The predicted molar refractivity (Wildman–Crippen MR) is 81.4 cm³/mol. The monoisotopic (exact) mass is 339 g/mol. The quantitative estimate of drug-likeness (QED) is 0.931. The van der Waals surface area contributed by atoms with E-state index in [0.717, 1.165) is 18.3 Å². The first-order valence-electron chi connectivity index (χ1n) is 7.27. The molecule has 8 heteroatoms. The predicted octanol–water partition coefficient (Wildman–Crippen LogP) is 3.01. The van der Waals surface area contributed by atoms with E-state index >= 15 is 0 Å². The third-order valence-corrected chi connectivity index (χ3v) is 3.73. The molecule has 1 heterocycles. The molecular formula is C16H16F3N3O2. The number of carbonyl (C=O) groups is 1. The van der Waals surface area contributed by atoms with E-state index in [0.29, 0.717) is 5.56 Å². The molecule has 1 aromatic heterocycles. The number of hydrogen-bond acceptors (Lipinski definition) is 3. The maximum absolute atomic E-state index is 12.9. The van der Waals surface area contributed by atoms with Crippen LogP contribution in [0.4, 0.5) is 13.2 Å². The first kappa shape index (κ1) is 17.7. The summed E-state index contributed by atoms with van der Waals surface area (Å²) in [6.45, 7) is 3.54. The number of rotatable bonds is 4. The summed E-state index contributed by atoms with van der Waals surface area (Å²) < 4.78 is 38.6. The van der Waals surface area contributed by atoms with Gasteiger partial charge >= 0.3 is 6.18 Å². The van der Waals surface area contributed by atoms with E-state index in [4.69, 9.17) is 0 Å². The maximum atomic E-state index is 12.9. The number of nitrogens with one attached hydrogen (secondary N) is 1.